The lowest BCUT2D eigenvalue weighted by molar-refractivity contribution is 0.0659. The van der Waals surface area contributed by atoms with Gasteiger partial charge in [0.2, 0.25) is 0 Å². The Morgan fingerprint density at radius 1 is 1.54 bits per heavy atom. The average molecular weight is 183 g/mol. The smallest absolute Gasteiger partial charge is 0.131 e. The quantitative estimate of drug-likeness (QED) is 0.618. The molecule has 0 spiro atoms. The third-order valence-electron chi connectivity index (χ3n) is 2.17. The van der Waals surface area contributed by atoms with Crippen LogP contribution in [0.1, 0.15) is 11.6 Å². The van der Waals surface area contributed by atoms with Crippen LogP contribution in [0.2, 0.25) is 0 Å². The number of rotatable bonds is 0. The molecule has 0 fully saturated rings. The maximum atomic E-state index is 13.2. The molecule has 0 amide bonds. The largest absolute Gasteiger partial charge is 0.490 e. The Balaban J connectivity index is 2.51. The highest BCUT2D eigenvalue weighted by molar-refractivity contribution is 5.39. The number of hydrogen-bond acceptors (Lipinski definition) is 3. The minimum atomic E-state index is -0.829. The summed E-state index contributed by atoms with van der Waals surface area (Å²) in [6.45, 7) is 0.123. The van der Waals surface area contributed by atoms with Crippen molar-refractivity contribution < 1.29 is 14.2 Å². The first-order valence-electron chi connectivity index (χ1n) is 4.05. The van der Waals surface area contributed by atoms with Gasteiger partial charge >= 0.3 is 0 Å². The second kappa shape index (κ2) is 2.97. The molecule has 0 aromatic heterocycles. The maximum Gasteiger partial charge on any atom is 0.131 e. The predicted molar refractivity (Wildman–Crippen MR) is 44.8 cm³/mol. The minimum Gasteiger partial charge on any atom is -0.490 e. The lowest BCUT2D eigenvalue weighted by Crippen LogP contribution is -2.36. The summed E-state index contributed by atoms with van der Waals surface area (Å²) in [6.07, 6.45) is -0.829. The number of nitrogens with two attached hydrogens (primary N) is 1. The first kappa shape index (κ1) is 8.47. The Hall–Kier alpha value is -1.13. The van der Waals surface area contributed by atoms with Gasteiger partial charge in [0.25, 0.3) is 0 Å². The van der Waals surface area contributed by atoms with E-state index in [1.807, 2.05) is 0 Å². The van der Waals surface area contributed by atoms with Crippen LogP contribution in [-0.4, -0.2) is 17.8 Å². The van der Waals surface area contributed by atoms with Gasteiger partial charge in [0.15, 0.2) is 0 Å². The van der Waals surface area contributed by atoms with Gasteiger partial charge < -0.3 is 15.6 Å². The van der Waals surface area contributed by atoms with Crippen LogP contribution in [0.25, 0.3) is 0 Å². The standard InChI is InChI=1S/C9H10FNO2/c10-5-2-1-3-7-8(5)9(11)6(12)4-13-7/h1-3,6,9,12H,4,11H2/t6-,9-/m1/s1. The summed E-state index contributed by atoms with van der Waals surface area (Å²) in [5.74, 6) is 0.00144. The van der Waals surface area contributed by atoms with E-state index < -0.39 is 18.0 Å². The maximum absolute atomic E-state index is 13.2. The molecule has 3 N–H and O–H groups in total. The Morgan fingerprint density at radius 2 is 2.31 bits per heavy atom. The molecule has 1 aromatic carbocycles. The summed E-state index contributed by atoms with van der Waals surface area (Å²) < 4.78 is 18.3. The summed E-state index contributed by atoms with van der Waals surface area (Å²) in [4.78, 5) is 0. The molecule has 13 heavy (non-hydrogen) atoms. The molecule has 0 radical (unpaired) electrons. The third-order valence-corrected chi connectivity index (χ3v) is 2.17. The molecule has 3 nitrogen and oxygen atoms in total. The fourth-order valence-electron chi connectivity index (χ4n) is 1.44. The molecule has 1 aliphatic heterocycles. The van der Waals surface area contributed by atoms with Crippen LogP contribution in [0.5, 0.6) is 5.75 Å². The fraction of sp³-hybridized carbons (Fsp3) is 0.333. The van der Waals surface area contributed by atoms with Gasteiger partial charge in [-0.2, -0.15) is 0 Å². The van der Waals surface area contributed by atoms with Gasteiger partial charge in [-0.1, -0.05) is 6.07 Å². The highest BCUT2D eigenvalue weighted by Crippen LogP contribution is 2.32. The zero-order valence-electron chi connectivity index (χ0n) is 6.90. The van der Waals surface area contributed by atoms with Crippen LogP contribution in [0.4, 0.5) is 4.39 Å². The number of ether oxygens (including phenoxy) is 1. The number of aliphatic hydroxyl groups excluding tert-OH is 1. The summed E-state index contributed by atoms with van der Waals surface area (Å²) in [5.41, 5.74) is 5.89. The van der Waals surface area contributed by atoms with E-state index in [-0.39, 0.29) is 12.2 Å². The SMILES string of the molecule is N[C@H]1c2c(F)cccc2OC[C@H]1O. The molecule has 1 heterocycles. The van der Waals surface area contributed by atoms with Crippen LogP contribution < -0.4 is 10.5 Å². The topological polar surface area (TPSA) is 55.5 Å². The van der Waals surface area contributed by atoms with Crippen LogP contribution in [-0.2, 0) is 0 Å². The van der Waals surface area contributed by atoms with Crippen molar-refractivity contribution in [2.24, 2.45) is 5.73 Å². The van der Waals surface area contributed by atoms with Gasteiger partial charge in [0, 0.05) is 5.56 Å². The average Bonchev–Trinajstić information content (AvgIpc) is 2.12. The summed E-state index contributed by atoms with van der Waals surface area (Å²) >= 11 is 0. The second-order valence-corrected chi connectivity index (χ2v) is 3.06. The van der Waals surface area contributed by atoms with E-state index in [1.165, 1.54) is 6.07 Å². The van der Waals surface area contributed by atoms with E-state index >= 15 is 0 Å². The van der Waals surface area contributed by atoms with E-state index in [2.05, 4.69) is 0 Å². The number of halogens is 1. The summed E-state index contributed by atoms with van der Waals surface area (Å²) in [5, 5.41) is 9.33. The zero-order chi connectivity index (χ0) is 9.42. The molecule has 1 aromatic rings. The molecular weight excluding hydrogens is 173 g/mol. The van der Waals surface area contributed by atoms with Crippen molar-refractivity contribution in [2.75, 3.05) is 6.61 Å². The Morgan fingerprint density at radius 3 is 3.08 bits per heavy atom. The third kappa shape index (κ3) is 1.28. The van der Waals surface area contributed by atoms with E-state index in [4.69, 9.17) is 10.5 Å². The minimum absolute atomic E-state index is 0.123. The molecule has 0 saturated carbocycles. The van der Waals surface area contributed by atoms with E-state index in [1.54, 1.807) is 12.1 Å². The molecule has 2 rings (SSSR count). The van der Waals surface area contributed by atoms with Crippen molar-refractivity contribution in [2.45, 2.75) is 12.1 Å². The molecular formula is C9H10FNO2. The lowest BCUT2D eigenvalue weighted by atomic mass is 9.99. The second-order valence-electron chi connectivity index (χ2n) is 3.06. The monoisotopic (exact) mass is 183 g/mol. The molecule has 2 atom stereocenters. The number of aliphatic hydroxyl groups is 1. The number of hydrogen-bond donors (Lipinski definition) is 2. The molecule has 0 unspecified atom stereocenters. The van der Waals surface area contributed by atoms with Crippen LogP contribution >= 0.6 is 0 Å². The van der Waals surface area contributed by atoms with Crippen LogP contribution in [0, 0.1) is 5.82 Å². The highest BCUT2D eigenvalue weighted by Gasteiger charge is 2.28. The van der Waals surface area contributed by atoms with Crippen molar-refractivity contribution in [1.29, 1.82) is 0 Å². The predicted octanol–water partition coefficient (Wildman–Crippen LogP) is 0.579. The van der Waals surface area contributed by atoms with Crippen LogP contribution in [0.15, 0.2) is 18.2 Å². The first-order valence-corrected chi connectivity index (χ1v) is 4.05. The van der Waals surface area contributed by atoms with E-state index in [0.29, 0.717) is 5.75 Å². The van der Waals surface area contributed by atoms with Gasteiger partial charge in [-0.25, -0.2) is 4.39 Å². The van der Waals surface area contributed by atoms with E-state index in [9.17, 15) is 9.50 Å². The number of benzene rings is 1. The van der Waals surface area contributed by atoms with Crippen molar-refractivity contribution in [1.82, 2.24) is 0 Å². The Bertz CT molecular complexity index is 329. The van der Waals surface area contributed by atoms with Crippen molar-refractivity contribution in [3.8, 4) is 5.75 Å². The van der Waals surface area contributed by atoms with Crippen molar-refractivity contribution >= 4 is 0 Å². The summed E-state index contributed by atoms with van der Waals surface area (Å²) in [7, 11) is 0. The Labute approximate surface area is 74.9 Å². The molecule has 1 aliphatic rings. The molecule has 70 valence electrons. The van der Waals surface area contributed by atoms with Gasteiger partial charge in [0.05, 0.1) is 6.04 Å². The normalized spacial score (nSPS) is 26.4. The first-order chi connectivity index (χ1) is 6.20. The lowest BCUT2D eigenvalue weighted by Gasteiger charge is -2.27. The van der Waals surface area contributed by atoms with Crippen molar-refractivity contribution in [3.05, 3.63) is 29.6 Å². The van der Waals surface area contributed by atoms with Gasteiger partial charge in [-0.3, -0.25) is 0 Å². The van der Waals surface area contributed by atoms with Gasteiger partial charge in [-0.05, 0) is 12.1 Å². The molecule has 0 saturated heterocycles. The van der Waals surface area contributed by atoms with E-state index in [0.717, 1.165) is 0 Å². The van der Waals surface area contributed by atoms with Gasteiger partial charge in [0.1, 0.15) is 24.3 Å². The van der Waals surface area contributed by atoms with Crippen LogP contribution in [0.3, 0.4) is 0 Å². The fourth-order valence-corrected chi connectivity index (χ4v) is 1.44. The summed E-state index contributed by atoms with van der Waals surface area (Å²) in [6, 6.07) is 3.81. The molecule has 4 heteroatoms. The zero-order valence-corrected chi connectivity index (χ0v) is 6.90. The Kier molecular flexibility index (Phi) is 1.94. The molecule has 0 aliphatic carbocycles. The molecule has 0 bridgehead atoms. The highest BCUT2D eigenvalue weighted by atomic mass is 19.1. The van der Waals surface area contributed by atoms with Crippen molar-refractivity contribution in [3.63, 3.8) is 0 Å². The van der Waals surface area contributed by atoms with Gasteiger partial charge in [-0.15, -0.1) is 0 Å². The number of fused-ring (bicyclic) bond motifs is 1.